The van der Waals surface area contributed by atoms with E-state index in [2.05, 4.69) is 5.32 Å². The van der Waals surface area contributed by atoms with Gasteiger partial charge in [-0.15, -0.1) is 0 Å². The lowest BCUT2D eigenvalue weighted by atomic mass is 9.76. The predicted octanol–water partition coefficient (Wildman–Crippen LogP) is 2.88. The molecule has 2 heterocycles. The molecule has 2 saturated heterocycles. The topological polar surface area (TPSA) is 67.9 Å². The van der Waals surface area contributed by atoms with Crippen molar-refractivity contribution in [3.63, 3.8) is 0 Å². The smallest absolute Gasteiger partial charge is 0.260 e. The Balaban J connectivity index is 1.53. The van der Waals surface area contributed by atoms with Gasteiger partial charge in [0.1, 0.15) is 5.82 Å². The molecular weight excluding hydrogens is 387 g/mol. The van der Waals surface area contributed by atoms with E-state index in [-0.39, 0.29) is 30.2 Å². The average molecular weight is 412 g/mol. The second-order valence-corrected chi connectivity index (χ2v) is 7.88. The molecule has 0 aromatic heterocycles. The molecule has 0 saturated carbocycles. The van der Waals surface area contributed by atoms with Gasteiger partial charge in [0.15, 0.2) is 18.1 Å². The van der Waals surface area contributed by atoms with Crippen LogP contribution in [0.25, 0.3) is 0 Å². The highest BCUT2D eigenvalue weighted by Gasteiger charge is 2.50. The highest BCUT2D eigenvalue weighted by atomic mass is 19.1. The molecule has 2 aliphatic rings. The van der Waals surface area contributed by atoms with Crippen LogP contribution in [-0.4, -0.2) is 49.1 Å². The SMILES string of the molecule is COc1ccccc1OCC(=O)N1C[C@@H](c2cccc(F)c2)[C@@]2(CCCC(=O)N2)C1. The highest BCUT2D eigenvalue weighted by molar-refractivity contribution is 5.81. The van der Waals surface area contributed by atoms with Crippen LogP contribution in [0, 0.1) is 5.82 Å². The summed E-state index contributed by atoms with van der Waals surface area (Å²) >= 11 is 0. The van der Waals surface area contributed by atoms with Crippen molar-refractivity contribution in [1.82, 2.24) is 10.2 Å². The molecule has 2 amide bonds. The molecule has 30 heavy (non-hydrogen) atoms. The van der Waals surface area contributed by atoms with Crippen molar-refractivity contribution >= 4 is 11.8 Å². The Labute approximate surface area is 175 Å². The number of nitrogens with zero attached hydrogens (tertiary/aromatic N) is 1. The summed E-state index contributed by atoms with van der Waals surface area (Å²) < 4.78 is 24.8. The van der Waals surface area contributed by atoms with E-state index in [1.807, 2.05) is 18.2 Å². The monoisotopic (exact) mass is 412 g/mol. The number of carbonyl (C=O) groups excluding carboxylic acids is 2. The standard InChI is InChI=1S/C23H25FN2O4/c1-29-19-8-2-3-9-20(19)30-14-22(28)26-13-18(16-6-4-7-17(24)12-16)23(15-26)11-5-10-21(27)25-23/h2-4,6-9,12,18H,5,10-11,13-15H2,1H3,(H,25,27)/t18-,23+/m0/s1. The molecule has 158 valence electrons. The first-order valence-electron chi connectivity index (χ1n) is 10.1. The van der Waals surface area contributed by atoms with Crippen molar-refractivity contribution in [2.24, 2.45) is 0 Å². The Morgan fingerprint density at radius 3 is 2.77 bits per heavy atom. The zero-order valence-electron chi connectivity index (χ0n) is 16.9. The highest BCUT2D eigenvalue weighted by Crippen LogP contribution is 2.41. The van der Waals surface area contributed by atoms with E-state index in [0.29, 0.717) is 31.0 Å². The van der Waals surface area contributed by atoms with E-state index in [9.17, 15) is 14.0 Å². The van der Waals surface area contributed by atoms with Crippen LogP contribution < -0.4 is 14.8 Å². The molecule has 0 aliphatic carbocycles. The predicted molar refractivity (Wildman–Crippen MR) is 109 cm³/mol. The van der Waals surface area contributed by atoms with Crippen LogP contribution in [0.4, 0.5) is 4.39 Å². The van der Waals surface area contributed by atoms with E-state index >= 15 is 0 Å². The largest absolute Gasteiger partial charge is 0.493 e. The number of carbonyl (C=O) groups is 2. The molecule has 2 aromatic rings. The zero-order chi connectivity index (χ0) is 21.1. The molecule has 6 nitrogen and oxygen atoms in total. The molecule has 0 radical (unpaired) electrons. The number of nitrogens with one attached hydrogen (secondary N) is 1. The molecule has 7 heteroatoms. The third kappa shape index (κ3) is 3.97. The number of benzene rings is 2. The van der Waals surface area contributed by atoms with E-state index in [0.717, 1.165) is 18.4 Å². The summed E-state index contributed by atoms with van der Waals surface area (Å²) in [5.74, 6) is 0.346. The normalized spacial score (nSPS) is 23.3. The van der Waals surface area contributed by atoms with Crippen molar-refractivity contribution in [3.05, 3.63) is 59.9 Å². The number of para-hydroxylation sites is 2. The zero-order valence-corrected chi connectivity index (χ0v) is 16.9. The van der Waals surface area contributed by atoms with Crippen LogP contribution in [0.15, 0.2) is 48.5 Å². The minimum atomic E-state index is -0.580. The maximum Gasteiger partial charge on any atom is 0.260 e. The summed E-state index contributed by atoms with van der Waals surface area (Å²) in [4.78, 5) is 26.8. The van der Waals surface area contributed by atoms with Crippen molar-refractivity contribution in [3.8, 4) is 11.5 Å². The maximum absolute atomic E-state index is 13.9. The van der Waals surface area contributed by atoms with Crippen molar-refractivity contribution in [1.29, 1.82) is 0 Å². The summed E-state index contributed by atoms with van der Waals surface area (Å²) in [5, 5.41) is 3.12. The first-order valence-corrected chi connectivity index (χ1v) is 10.1. The van der Waals surface area contributed by atoms with Crippen LogP contribution >= 0.6 is 0 Å². The third-order valence-electron chi connectivity index (χ3n) is 5.98. The van der Waals surface area contributed by atoms with Crippen LogP contribution in [0.5, 0.6) is 11.5 Å². The van der Waals surface area contributed by atoms with E-state index in [1.165, 1.54) is 12.1 Å². The number of amides is 2. The minimum absolute atomic E-state index is 0.0257. The maximum atomic E-state index is 13.9. The molecule has 4 rings (SSSR count). The Morgan fingerprint density at radius 2 is 2.03 bits per heavy atom. The van der Waals surface area contributed by atoms with E-state index in [4.69, 9.17) is 9.47 Å². The minimum Gasteiger partial charge on any atom is -0.493 e. The van der Waals surface area contributed by atoms with E-state index in [1.54, 1.807) is 30.2 Å². The van der Waals surface area contributed by atoms with Crippen LogP contribution in [0.1, 0.15) is 30.7 Å². The molecular formula is C23H25FN2O4. The second-order valence-electron chi connectivity index (χ2n) is 7.88. The lowest BCUT2D eigenvalue weighted by Crippen LogP contribution is -2.56. The Hall–Kier alpha value is -3.09. The molecule has 2 aromatic carbocycles. The van der Waals surface area contributed by atoms with Gasteiger partial charge >= 0.3 is 0 Å². The summed E-state index contributed by atoms with van der Waals surface area (Å²) in [7, 11) is 1.55. The van der Waals surface area contributed by atoms with Gasteiger partial charge in [-0.3, -0.25) is 9.59 Å². The van der Waals surface area contributed by atoms with Gasteiger partial charge in [-0.25, -0.2) is 4.39 Å². The molecule has 2 fully saturated rings. The Bertz CT molecular complexity index is 950. The molecule has 1 spiro atoms. The fourth-order valence-corrected chi connectivity index (χ4v) is 4.56. The van der Waals surface area contributed by atoms with Gasteiger partial charge in [0.2, 0.25) is 5.91 Å². The number of likely N-dealkylation sites (tertiary alicyclic amines) is 1. The lowest BCUT2D eigenvalue weighted by molar-refractivity contribution is -0.133. The quantitative estimate of drug-likeness (QED) is 0.820. The third-order valence-corrected chi connectivity index (χ3v) is 5.98. The first-order chi connectivity index (χ1) is 14.5. The van der Waals surface area contributed by atoms with Gasteiger partial charge in [0.05, 0.1) is 12.6 Å². The Kier molecular flexibility index (Phi) is 5.61. The number of hydrogen-bond donors (Lipinski definition) is 1. The van der Waals surface area contributed by atoms with Gasteiger partial charge in [-0.2, -0.15) is 0 Å². The van der Waals surface area contributed by atoms with Crippen molar-refractivity contribution in [2.45, 2.75) is 30.7 Å². The van der Waals surface area contributed by atoms with Crippen molar-refractivity contribution in [2.75, 3.05) is 26.8 Å². The second kappa shape index (κ2) is 8.34. The summed E-state index contributed by atoms with van der Waals surface area (Å²) in [6.07, 6.45) is 1.97. The number of rotatable bonds is 5. The van der Waals surface area contributed by atoms with Gasteiger partial charge < -0.3 is 19.7 Å². The number of hydrogen-bond acceptors (Lipinski definition) is 4. The molecule has 0 bridgehead atoms. The first kappa shape index (κ1) is 20.2. The number of halogens is 1. The number of methoxy groups -OCH3 is 1. The fraction of sp³-hybridized carbons (Fsp3) is 0.391. The van der Waals surface area contributed by atoms with Crippen LogP contribution in [0.2, 0.25) is 0 Å². The fourth-order valence-electron chi connectivity index (χ4n) is 4.56. The molecule has 0 unspecified atom stereocenters. The summed E-state index contributed by atoms with van der Waals surface area (Å²) in [5.41, 5.74) is 0.210. The molecule has 1 N–H and O–H groups in total. The van der Waals surface area contributed by atoms with Crippen LogP contribution in [0.3, 0.4) is 0 Å². The van der Waals surface area contributed by atoms with Gasteiger partial charge in [0.25, 0.3) is 5.91 Å². The molecule has 2 atom stereocenters. The summed E-state index contributed by atoms with van der Waals surface area (Å²) in [6, 6.07) is 13.6. The number of ether oxygens (including phenoxy) is 2. The number of piperidine rings is 1. The van der Waals surface area contributed by atoms with E-state index < -0.39 is 5.54 Å². The van der Waals surface area contributed by atoms with Gasteiger partial charge in [-0.1, -0.05) is 24.3 Å². The van der Waals surface area contributed by atoms with Crippen molar-refractivity contribution < 1.29 is 23.5 Å². The van der Waals surface area contributed by atoms with Gasteiger partial charge in [-0.05, 0) is 42.7 Å². The Morgan fingerprint density at radius 1 is 1.23 bits per heavy atom. The molecule has 2 aliphatic heterocycles. The lowest BCUT2D eigenvalue weighted by Gasteiger charge is -2.39. The summed E-state index contributed by atoms with van der Waals surface area (Å²) in [6.45, 7) is 0.645. The van der Waals surface area contributed by atoms with Crippen LogP contribution in [-0.2, 0) is 9.59 Å². The van der Waals surface area contributed by atoms with Gasteiger partial charge in [0, 0.05) is 25.4 Å². The average Bonchev–Trinajstić information content (AvgIpc) is 3.10.